The van der Waals surface area contributed by atoms with Crippen LogP contribution < -0.4 is 5.32 Å². The van der Waals surface area contributed by atoms with Gasteiger partial charge in [0.25, 0.3) is 0 Å². The molecule has 0 radical (unpaired) electrons. The monoisotopic (exact) mass is 200 g/mol. The van der Waals surface area contributed by atoms with Crippen molar-refractivity contribution in [2.45, 2.75) is 24.7 Å². The zero-order valence-electron chi connectivity index (χ0n) is 9.03. The predicted octanol–water partition coefficient (Wildman–Crippen LogP) is -0.306. The number of hydrogen-bond acceptors (Lipinski definition) is 4. The van der Waals surface area contributed by atoms with Crippen LogP contribution in [0.1, 0.15) is 6.42 Å². The Morgan fingerprint density at radius 2 is 1.79 bits per heavy atom. The molecule has 2 aliphatic rings. The standard InChI is InChI=1S/C10H20N2O2/c1-13-9-6-12(7-10(9)14-2)8-3-4-11-5-8/h8-11H,3-7H2,1-2H3. The lowest BCUT2D eigenvalue weighted by atomic mass is 10.2. The Morgan fingerprint density at radius 3 is 2.21 bits per heavy atom. The molecule has 3 unspecified atom stereocenters. The molecule has 0 saturated carbocycles. The molecule has 0 aromatic carbocycles. The average molecular weight is 200 g/mol. The van der Waals surface area contributed by atoms with Gasteiger partial charge in [-0.1, -0.05) is 0 Å². The van der Waals surface area contributed by atoms with Crippen LogP contribution in [0.3, 0.4) is 0 Å². The van der Waals surface area contributed by atoms with Crippen molar-refractivity contribution in [1.29, 1.82) is 0 Å². The van der Waals surface area contributed by atoms with E-state index in [1.807, 2.05) is 0 Å². The third-order valence-corrected chi connectivity index (χ3v) is 3.40. The van der Waals surface area contributed by atoms with Gasteiger partial charge in [-0.15, -0.1) is 0 Å². The van der Waals surface area contributed by atoms with E-state index in [9.17, 15) is 0 Å². The molecule has 0 aromatic heterocycles. The predicted molar refractivity (Wildman–Crippen MR) is 54.4 cm³/mol. The highest BCUT2D eigenvalue weighted by Crippen LogP contribution is 2.20. The lowest BCUT2D eigenvalue weighted by Gasteiger charge is -2.22. The average Bonchev–Trinajstić information content (AvgIpc) is 2.85. The van der Waals surface area contributed by atoms with Gasteiger partial charge in [-0.05, 0) is 13.0 Å². The number of ether oxygens (including phenoxy) is 2. The van der Waals surface area contributed by atoms with Gasteiger partial charge in [-0.3, -0.25) is 4.90 Å². The Bertz CT molecular complexity index is 171. The topological polar surface area (TPSA) is 33.7 Å². The molecular weight excluding hydrogens is 180 g/mol. The van der Waals surface area contributed by atoms with E-state index < -0.39 is 0 Å². The summed E-state index contributed by atoms with van der Waals surface area (Å²) in [4.78, 5) is 2.49. The first-order valence-corrected chi connectivity index (χ1v) is 5.35. The second kappa shape index (κ2) is 4.57. The summed E-state index contributed by atoms with van der Waals surface area (Å²) in [7, 11) is 3.54. The van der Waals surface area contributed by atoms with Gasteiger partial charge in [0, 0.05) is 39.9 Å². The highest BCUT2D eigenvalue weighted by atomic mass is 16.5. The van der Waals surface area contributed by atoms with Crippen molar-refractivity contribution in [2.24, 2.45) is 0 Å². The summed E-state index contributed by atoms with van der Waals surface area (Å²) < 4.78 is 10.8. The van der Waals surface area contributed by atoms with E-state index in [-0.39, 0.29) is 12.2 Å². The number of methoxy groups -OCH3 is 2. The number of nitrogens with one attached hydrogen (secondary N) is 1. The molecule has 82 valence electrons. The Labute approximate surface area is 85.5 Å². The fourth-order valence-electron chi connectivity index (χ4n) is 2.47. The molecule has 2 aliphatic heterocycles. The molecule has 1 N–H and O–H groups in total. The van der Waals surface area contributed by atoms with Crippen LogP contribution in [-0.4, -0.2) is 63.5 Å². The van der Waals surface area contributed by atoms with Gasteiger partial charge in [0.1, 0.15) is 0 Å². The highest BCUT2D eigenvalue weighted by Gasteiger charge is 2.37. The summed E-state index contributed by atoms with van der Waals surface area (Å²) in [5.74, 6) is 0. The largest absolute Gasteiger partial charge is 0.377 e. The Kier molecular flexibility index (Phi) is 3.38. The van der Waals surface area contributed by atoms with Gasteiger partial charge < -0.3 is 14.8 Å². The molecule has 2 fully saturated rings. The number of rotatable bonds is 3. The minimum atomic E-state index is 0.251. The van der Waals surface area contributed by atoms with Gasteiger partial charge in [0.2, 0.25) is 0 Å². The summed E-state index contributed by atoms with van der Waals surface area (Å²) in [5.41, 5.74) is 0. The lowest BCUT2D eigenvalue weighted by Crippen LogP contribution is -2.35. The van der Waals surface area contributed by atoms with Crippen LogP contribution in [-0.2, 0) is 9.47 Å². The molecule has 0 bridgehead atoms. The zero-order valence-corrected chi connectivity index (χ0v) is 9.03. The maximum Gasteiger partial charge on any atom is 0.0971 e. The smallest absolute Gasteiger partial charge is 0.0971 e. The van der Waals surface area contributed by atoms with E-state index in [4.69, 9.17) is 9.47 Å². The van der Waals surface area contributed by atoms with Crippen molar-refractivity contribution in [2.75, 3.05) is 40.4 Å². The minimum absolute atomic E-state index is 0.251. The molecule has 4 nitrogen and oxygen atoms in total. The van der Waals surface area contributed by atoms with Crippen LogP contribution in [0.2, 0.25) is 0 Å². The van der Waals surface area contributed by atoms with Crippen molar-refractivity contribution in [3.05, 3.63) is 0 Å². The number of likely N-dealkylation sites (tertiary alicyclic amines) is 1. The van der Waals surface area contributed by atoms with Crippen molar-refractivity contribution >= 4 is 0 Å². The van der Waals surface area contributed by atoms with Crippen LogP contribution in [0, 0.1) is 0 Å². The fourth-order valence-corrected chi connectivity index (χ4v) is 2.47. The summed E-state index contributed by atoms with van der Waals surface area (Å²) in [6, 6.07) is 0.688. The SMILES string of the molecule is COC1CN(C2CCNC2)CC1OC. The van der Waals surface area contributed by atoms with Gasteiger partial charge >= 0.3 is 0 Å². The molecule has 3 atom stereocenters. The minimum Gasteiger partial charge on any atom is -0.377 e. The second-order valence-corrected chi connectivity index (χ2v) is 4.15. The summed E-state index contributed by atoms with van der Waals surface area (Å²) >= 11 is 0. The molecule has 0 spiro atoms. The molecule has 0 aromatic rings. The van der Waals surface area contributed by atoms with Crippen LogP contribution in [0.25, 0.3) is 0 Å². The summed E-state index contributed by atoms with van der Waals surface area (Å²) in [6.45, 7) is 4.30. The Balaban J connectivity index is 1.90. The van der Waals surface area contributed by atoms with Crippen molar-refractivity contribution in [3.63, 3.8) is 0 Å². The lowest BCUT2D eigenvalue weighted by molar-refractivity contribution is -0.00461. The number of nitrogens with zero attached hydrogens (tertiary/aromatic N) is 1. The highest BCUT2D eigenvalue weighted by molar-refractivity contribution is 4.92. The first-order chi connectivity index (χ1) is 6.85. The summed E-state index contributed by atoms with van der Waals surface area (Å²) in [6.07, 6.45) is 1.76. The first kappa shape index (κ1) is 10.4. The zero-order chi connectivity index (χ0) is 9.97. The van der Waals surface area contributed by atoms with Gasteiger partial charge in [0.15, 0.2) is 0 Å². The molecule has 0 amide bonds. The van der Waals surface area contributed by atoms with E-state index in [1.54, 1.807) is 14.2 Å². The van der Waals surface area contributed by atoms with Gasteiger partial charge in [-0.25, -0.2) is 0 Å². The van der Waals surface area contributed by atoms with Crippen LogP contribution in [0.4, 0.5) is 0 Å². The van der Waals surface area contributed by atoms with E-state index in [2.05, 4.69) is 10.2 Å². The number of hydrogen-bond donors (Lipinski definition) is 1. The third-order valence-electron chi connectivity index (χ3n) is 3.40. The molecule has 4 heteroatoms. The Hall–Kier alpha value is -0.160. The van der Waals surface area contributed by atoms with E-state index in [0.717, 1.165) is 26.2 Å². The summed E-state index contributed by atoms with van der Waals surface area (Å²) in [5, 5.41) is 3.39. The van der Waals surface area contributed by atoms with Crippen LogP contribution in [0.5, 0.6) is 0 Å². The maximum absolute atomic E-state index is 5.42. The Morgan fingerprint density at radius 1 is 1.14 bits per heavy atom. The van der Waals surface area contributed by atoms with Crippen LogP contribution >= 0.6 is 0 Å². The van der Waals surface area contributed by atoms with Crippen LogP contribution in [0.15, 0.2) is 0 Å². The fraction of sp³-hybridized carbons (Fsp3) is 1.00. The normalized spacial score (nSPS) is 39.4. The van der Waals surface area contributed by atoms with E-state index >= 15 is 0 Å². The van der Waals surface area contributed by atoms with Gasteiger partial charge in [-0.2, -0.15) is 0 Å². The molecule has 2 heterocycles. The molecular formula is C10H20N2O2. The maximum atomic E-state index is 5.42. The second-order valence-electron chi connectivity index (χ2n) is 4.15. The van der Waals surface area contributed by atoms with Crippen molar-refractivity contribution < 1.29 is 9.47 Å². The molecule has 14 heavy (non-hydrogen) atoms. The first-order valence-electron chi connectivity index (χ1n) is 5.35. The van der Waals surface area contributed by atoms with Gasteiger partial charge in [0.05, 0.1) is 12.2 Å². The molecule has 2 saturated heterocycles. The quantitative estimate of drug-likeness (QED) is 0.678. The van der Waals surface area contributed by atoms with Crippen molar-refractivity contribution in [3.8, 4) is 0 Å². The molecule has 2 rings (SSSR count). The van der Waals surface area contributed by atoms with Crippen molar-refractivity contribution in [1.82, 2.24) is 10.2 Å². The van der Waals surface area contributed by atoms with E-state index in [0.29, 0.717) is 6.04 Å². The molecule has 0 aliphatic carbocycles. The third kappa shape index (κ3) is 1.93. The van der Waals surface area contributed by atoms with E-state index in [1.165, 1.54) is 6.42 Å².